The number of fused-ring (bicyclic) bond motifs is 4. The van der Waals surface area contributed by atoms with Crippen LogP contribution in [0.5, 0.6) is 5.75 Å². The quantitative estimate of drug-likeness (QED) is 0.678. The van der Waals surface area contributed by atoms with Gasteiger partial charge in [-0.25, -0.2) is 4.79 Å². The molecule has 6 rings (SSSR count). The zero-order valence-corrected chi connectivity index (χ0v) is 20.5. The first-order valence-corrected chi connectivity index (χ1v) is 12.2. The van der Waals surface area contributed by atoms with Gasteiger partial charge >= 0.3 is 6.09 Å². The summed E-state index contributed by atoms with van der Waals surface area (Å²) in [4.78, 5) is 15.3. The Balaban J connectivity index is 1.35. The van der Waals surface area contributed by atoms with E-state index in [4.69, 9.17) is 9.47 Å². The highest BCUT2D eigenvalue weighted by Gasteiger charge is 2.42. The molecule has 1 unspecified atom stereocenters. The number of hydrogen-bond donors (Lipinski definition) is 1. The fraction of sp³-hybridized carbons (Fsp3) is 0.536. The summed E-state index contributed by atoms with van der Waals surface area (Å²) < 4.78 is 11.5. The van der Waals surface area contributed by atoms with E-state index in [0.29, 0.717) is 5.92 Å². The molecule has 0 radical (unpaired) electrons. The van der Waals surface area contributed by atoms with Crippen LogP contribution in [-0.4, -0.2) is 43.8 Å². The highest BCUT2D eigenvalue weighted by Crippen LogP contribution is 2.46. The first-order chi connectivity index (χ1) is 15.7. The van der Waals surface area contributed by atoms with Crippen LogP contribution in [-0.2, 0) is 11.2 Å². The van der Waals surface area contributed by atoms with Crippen molar-refractivity contribution in [2.24, 2.45) is 11.3 Å². The van der Waals surface area contributed by atoms with Gasteiger partial charge < -0.3 is 14.8 Å². The molecule has 0 saturated carbocycles. The van der Waals surface area contributed by atoms with Crippen molar-refractivity contribution in [1.29, 1.82) is 0 Å². The summed E-state index contributed by atoms with van der Waals surface area (Å²) >= 11 is 0. The van der Waals surface area contributed by atoms with Crippen molar-refractivity contribution < 1.29 is 14.3 Å². The number of carbonyl (C=O) groups is 1. The summed E-state index contributed by atoms with van der Waals surface area (Å²) in [6.45, 7) is 11.8. The first-order valence-electron chi connectivity index (χ1n) is 12.2. The van der Waals surface area contributed by atoms with Crippen LogP contribution >= 0.6 is 0 Å². The number of benzene rings is 2. The number of hydrogen-bond acceptors (Lipinski definition) is 4. The van der Waals surface area contributed by atoms with Gasteiger partial charge in [-0.1, -0.05) is 32.0 Å². The van der Waals surface area contributed by atoms with Crippen molar-refractivity contribution in [3.8, 4) is 16.9 Å². The van der Waals surface area contributed by atoms with Gasteiger partial charge in [0.1, 0.15) is 11.9 Å². The maximum atomic E-state index is 12.9. The molecule has 1 N–H and O–H groups in total. The molecule has 0 spiro atoms. The van der Waals surface area contributed by atoms with Gasteiger partial charge in [-0.05, 0) is 103 Å². The number of carbonyl (C=O) groups excluding carboxylic acids is 1. The summed E-state index contributed by atoms with van der Waals surface area (Å²) in [6, 6.07) is 11.0. The van der Waals surface area contributed by atoms with E-state index in [2.05, 4.69) is 68.2 Å². The average molecular weight is 449 g/mol. The number of methoxy groups -OCH3 is 1. The maximum absolute atomic E-state index is 12.9. The van der Waals surface area contributed by atoms with E-state index in [0.717, 1.165) is 55.8 Å². The molecule has 2 bridgehead atoms. The molecule has 1 aliphatic carbocycles. The third-order valence-electron chi connectivity index (χ3n) is 8.00. The van der Waals surface area contributed by atoms with Crippen molar-refractivity contribution in [2.45, 2.75) is 59.1 Å². The lowest BCUT2D eigenvalue weighted by molar-refractivity contribution is -0.0348. The Morgan fingerprint density at radius 2 is 1.76 bits per heavy atom. The van der Waals surface area contributed by atoms with Gasteiger partial charge in [0.25, 0.3) is 0 Å². The average Bonchev–Trinajstić information content (AvgIpc) is 3.03. The third kappa shape index (κ3) is 4.12. The molecule has 1 amide bonds. The normalized spacial score (nSPS) is 27.2. The van der Waals surface area contributed by atoms with Crippen LogP contribution in [0.15, 0.2) is 30.3 Å². The Hall–Kier alpha value is -2.53. The molecule has 2 atom stereocenters. The van der Waals surface area contributed by atoms with E-state index in [-0.39, 0.29) is 23.7 Å². The molecule has 176 valence electrons. The second kappa shape index (κ2) is 8.35. The molecule has 0 aromatic heterocycles. The van der Waals surface area contributed by atoms with E-state index in [9.17, 15) is 4.79 Å². The standard InChI is InChI=1S/C28H36N2O3/c1-17-12-21(13-18(2)25(17)32-5)20-6-7-23-22(14-20)15-28(3,4)26(23)29-27(31)33-24-16-30-10-8-19(24)9-11-30/h6-7,12-14,19,24,26H,8-11,15-16H2,1-5H3,(H,29,31)/t24-,26?/m0/s1. The summed E-state index contributed by atoms with van der Waals surface area (Å²) in [6.07, 6.45) is 2.96. The van der Waals surface area contributed by atoms with Gasteiger partial charge in [0.2, 0.25) is 0 Å². The smallest absolute Gasteiger partial charge is 0.407 e. The summed E-state index contributed by atoms with van der Waals surface area (Å²) in [5.41, 5.74) is 7.12. The van der Waals surface area contributed by atoms with E-state index >= 15 is 0 Å². The van der Waals surface area contributed by atoms with Crippen molar-refractivity contribution in [2.75, 3.05) is 26.7 Å². The second-order valence-corrected chi connectivity index (χ2v) is 10.9. The van der Waals surface area contributed by atoms with Crippen molar-refractivity contribution in [3.63, 3.8) is 0 Å². The second-order valence-electron chi connectivity index (χ2n) is 10.9. The number of amides is 1. The van der Waals surface area contributed by atoms with Crippen LogP contribution in [0.2, 0.25) is 0 Å². The van der Waals surface area contributed by atoms with Gasteiger partial charge in [0.05, 0.1) is 13.2 Å². The van der Waals surface area contributed by atoms with Crippen LogP contribution in [0.25, 0.3) is 11.1 Å². The van der Waals surface area contributed by atoms with Gasteiger partial charge in [-0.2, -0.15) is 0 Å². The van der Waals surface area contributed by atoms with E-state index in [1.54, 1.807) is 7.11 Å². The number of alkyl carbamates (subject to hydrolysis) is 1. The number of ether oxygens (including phenoxy) is 2. The van der Waals surface area contributed by atoms with Gasteiger partial charge in [-0.3, -0.25) is 4.90 Å². The zero-order chi connectivity index (χ0) is 23.3. The topological polar surface area (TPSA) is 50.8 Å². The molecule has 5 heteroatoms. The Morgan fingerprint density at radius 1 is 1.06 bits per heavy atom. The molecular formula is C28H36N2O3. The van der Waals surface area contributed by atoms with Crippen molar-refractivity contribution >= 4 is 6.09 Å². The van der Waals surface area contributed by atoms with Gasteiger partial charge in [-0.15, -0.1) is 0 Å². The van der Waals surface area contributed by atoms with Crippen LogP contribution < -0.4 is 10.1 Å². The predicted molar refractivity (Wildman–Crippen MR) is 131 cm³/mol. The fourth-order valence-corrected chi connectivity index (χ4v) is 6.28. The van der Waals surface area contributed by atoms with E-state index in [1.165, 1.54) is 22.3 Å². The number of piperidine rings is 3. The summed E-state index contributed by atoms with van der Waals surface area (Å²) in [5.74, 6) is 1.47. The summed E-state index contributed by atoms with van der Waals surface area (Å²) in [5, 5.41) is 3.23. The Labute approximate surface area is 197 Å². The van der Waals surface area contributed by atoms with E-state index < -0.39 is 0 Å². The van der Waals surface area contributed by atoms with Crippen LogP contribution in [0, 0.1) is 25.2 Å². The minimum atomic E-state index is -0.273. The number of nitrogens with zero attached hydrogens (tertiary/aromatic N) is 1. The zero-order valence-electron chi connectivity index (χ0n) is 20.5. The SMILES string of the molecule is COc1c(C)cc(-c2ccc3c(c2)CC(C)(C)C3NC(=O)O[C@H]2CN3CCC2CC3)cc1C. The van der Waals surface area contributed by atoms with E-state index in [1.807, 2.05) is 0 Å². The minimum Gasteiger partial charge on any atom is -0.496 e. The molecule has 3 aliphatic heterocycles. The monoisotopic (exact) mass is 448 g/mol. The lowest BCUT2D eigenvalue weighted by Crippen LogP contribution is -2.53. The lowest BCUT2D eigenvalue weighted by Gasteiger charge is -2.44. The molecule has 3 fully saturated rings. The Morgan fingerprint density at radius 3 is 2.36 bits per heavy atom. The number of rotatable bonds is 4. The summed E-state index contributed by atoms with van der Waals surface area (Å²) in [7, 11) is 1.72. The molecule has 4 aliphatic rings. The predicted octanol–water partition coefficient (Wildman–Crippen LogP) is 5.42. The molecule has 33 heavy (non-hydrogen) atoms. The molecule has 5 nitrogen and oxygen atoms in total. The largest absolute Gasteiger partial charge is 0.496 e. The van der Waals surface area contributed by atoms with Gasteiger partial charge in [0.15, 0.2) is 0 Å². The van der Waals surface area contributed by atoms with Crippen LogP contribution in [0.4, 0.5) is 4.79 Å². The highest BCUT2D eigenvalue weighted by molar-refractivity contribution is 5.71. The van der Waals surface area contributed by atoms with Crippen molar-refractivity contribution in [1.82, 2.24) is 10.2 Å². The van der Waals surface area contributed by atoms with Crippen LogP contribution in [0.1, 0.15) is 55.0 Å². The third-order valence-corrected chi connectivity index (χ3v) is 8.00. The minimum absolute atomic E-state index is 0.0282. The molecule has 3 saturated heterocycles. The number of nitrogens with one attached hydrogen (secondary N) is 1. The van der Waals surface area contributed by atoms with Gasteiger partial charge in [0, 0.05) is 6.54 Å². The molecule has 3 heterocycles. The highest BCUT2D eigenvalue weighted by atomic mass is 16.6. The maximum Gasteiger partial charge on any atom is 0.407 e. The van der Waals surface area contributed by atoms with Crippen molar-refractivity contribution in [3.05, 3.63) is 52.6 Å². The Bertz CT molecular complexity index is 1050. The molecule has 2 aromatic rings. The Kier molecular flexibility index (Phi) is 5.64. The lowest BCUT2D eigenvalue weighted by atomic mass is 9.85. The number of aryl methyl sites for hydroxylation is 2. The fourth-order valence-electron chi connectivity index (χ4n) is 6.28. The van der Waals surface area contributed by atoms with Crippen LogP contribution in [0.3, 0.4) is 0 Å². The first kappa shape index (κ1) is 22.3. The molecular weight excluding hydrogens is 412 g/mol. The molecule has 2 aromatic carbocycles.